The number of nitrogens with one attached hydrogen (secondary N) is 1. The molecule has 3 aromatic rings. The van der Waals surface area contributed by atoms with Crippen LogP contribution in [0, 0.1) is 11.3 Å². The lowest BCUT2D eigenvalue weighted by atomic mass is 10.0. The van der Waals surface area contributed by atoms with Gasteiger partial charge in [-0.3, -0.25) is 15.0 Å². The molecular weight excluding hydrogens is 507 g/mol. The highest BCUT2D eigenvalue weighted by Gasteiger charge is 2.32. The Morgan fingerprint density at radius 3 is 2.63 bits per heavy atom. The van der Waals surface area contributed by atoms with Gasteiger partial charge in [0.15, 0.2) is 0 Å². The molecule has 1 aliphatic heterocycles. The number of alkyl halides is 3. The van der Waals surface area contributed by atoms with E-state index < -0.39 is 21.8 Å². The maximum atomic E-state index is 13.3. The van der Waals surface area contributed by atoms with E-state index in [1.165, 1.54) is 30.7 Å². The van der Waals surface area contributed by atoms with Gasteiger partial charge in [-0.05, 0) is 36.4 Å². The number of hydrogen-bond acceptors (Lipinski definition) is 9. The third-order valence-electron chi connectivity index (χ3n) is 4.68. The van der Waals surface area contributed by atoms with E-state index in [4.69, 9.17) is 4.74 Å². The van der Waals surface area contributed by atoms with E-state index in [0.29, 0.717) is 0 Å². The predicted molar refractivity (Wildman–Crippen MR) is 119 cm³/mol. The Bertz CT molecular complexity index is 1460. The SMILES string of the molecule is N#Cc1cc(S(=O)(=O)Nc2ncns2)ccc1Oc1ccc(C(F)(F)F)cc1C1=CN(O)CC=C1. The normalized spacial score (nSPS) is 13.8. The highest BCUT2D eigenvalue weighted by atomic mass is 32.2. The topological polar surface area (TPSA) is 128 Å². The lowest BCUT2D eigenvalue weighted by Gasteiger charge is -2.20. The quantitative estimate of drug-likeness (QED) is 0.481. The number of nitrogens with zero attached hydrogens (tertiary/aromatic N) is 4. The molecule has 0 atom stereocenters. The van der Waals surface area contributed by atoms with Crippen molar-refractivity contribution in [1.29, 1.82) is 5.26 Å². The second-order valence-electron chi connectivity index (χ2n) is 7.04. The predicted octanol–water partition coefficient (Wildman–Crippen LogP) is 4.62. The zero-order valence-corrected chi connectivity index (χ0v) is 19.0. The van der Waals surface area contributed by atoms with Crippen LogP contribution in [0.1, 0.15) is 16.7 Å². The summed E-state index contributed by atoms with van der Waals surface area (Å²) in [5, 5.41) is 20.2. The summed E-state index contributed by atoms with van der Waals surface area (Å²) in [4.78, 5) is 3.49. The third kappa shape index (κ3) is 5.43. The lowest BCUT2D eigenvalue weighted by molar-refractivity contribution is -0.137. The van der Waals surface area contributed by atoms with Crippen LogP contribution in [0.2, 0.25) is 0 Å². The molecule has 0 spiro atoms. The Kier molecular flexibility index (Phi) is 6.48. The molecule has 2 N–H and O–H groups in total. The Morgan fingerprint density at radius 1 is 1.20 bits per heavy atom. The Morgan fingerprint density at radius 2 is 1.97 bits per heavy atom. The van der Waals surface area contributed by atoms with E-state index in [2.05, 4.69) is 14.1 Å². The van der Waals surface area contributed by atoms with E-state index in [-0.39, 0.29) is 44.8 Å². The van der Waals surface area contributed by atoms with Gasteiger partial charge in [0.05, 0.1) is 22.6 Å². The van der Waals surface area contributed by atoms with Crippen LogP contribution in [-0.2, 0) is 16.2 Å². The molecule has 0 aliphatic carbocycles. The van der Waals surface area contributed by atoms with Gasteiger partial charge in [-0.2, -0.15) is 22.8 Å². The van der Waals surface area contributed by atoms with Crippen LogP contribution in [0.25, 0.3) is 5.57 Å². The fourth-order valence-corrected chi connectivity index (χ4v) is 4.77. The summed E-state index contributed by atoms with van der Waals surface area (Å²) in [6.07, 6.45) is 0.857. The first-order valence-corrected chi connectivity index (χ1v) is 11.9. The highest BCUT2D eigenvalue weighted by Crippen LogP contribution is 2.39. The van der Waals surface area contributed by atoms with E-state index in [0.717, 1.165) is 40.9 Å². The molecule has 1 aliphatic rings. The smallest absolute Gasteiger partial charge is 0.416 e. The van der Waals surface area contributed by atoms with Gasteiger partial charge in [0.2, 0.25) is 5.13 Å². The highest BCUT2D eigenvalue weighted by molar-refractivity contribution is 7.93. The van der Waals surface area contributed by atoms with Crippen molar-refractivity contribution in [2.24, 2.45) is 0 Å². The minimum absolute atomic E-state index is 0.00773. The molecule has 0 fully saturated rings. The molecule has 0 amide bonds. The summed E-state index contributed by atoms with van der Waals surface area (Å²) >= 11 is 0.824. The molecule has 0 bridgehead atoms. The first kappa shape index (κ1) is 24.2. The maximum Gasteiger partial charge on any atom is 0.416 e. The van der Waals surface area contributed by atoms with Crippen molar-refractivity contribution in [3.8, 4) is 17.6 Å². The van der Waals surface area contributed by atoms with Crippen LogP contribution in [-0.4, -0.2) is 34.6 Å². The van der Waals surface area contributed by atoms with E-state index in [1.54, 1.807) is 6.08 Å². The molecule has 2 heterocycles. The Hall–Kier alpha value is -3.93. The summed E-state index contributed by atoms with van der Waals surface area (Å²) in [5.41, 5.74) is -0.867. The van der Waals surface area contributed by atoms with Gasteiger partial charge in [-0.25, -0.2) is 13.4 Å². The van der Waals surface area contributed by atoms with Gasteiger partial charge < -0.3 is 4.74 Å². The number of benzene rings is 2. The van der Waals surface area contributed by atoms with E-state index in [9.17, 15) is 32.1 Å². The molecule has 14 heteroatoms. The number of hydroxylamine groups is 2. The summed E-state index contributed by atoms with van der Waals surface area (Å²) in [6.45, 7) is 0.151. The van der Waals surface area contributed by atoms with Gasteiger partial charge in [0.1, 0.15) is 23.9 Å². The van der Waals surface area contributed by atoms with Crippen LogP contribution < -0.4 is 9.46 Å². The molecule has 0 unspecified atom stereocenters. The van der Waals surface area contributed by atoms with Crippen molar-refractivity contribution in [1.82, 2.24) is 14.4 Å². The van der Waals surface area contributed by atoms with Crippen molar-refractivity contribution < 1.29 is 31.5 Å². The molecule has 180 valence electrons. The number of ether oxygens (including phenoxy) is 1. The average Bonchev–Trinajstić information content (AvgIpc) is 3.31. The molecule has 0 radical (unpaired) electrons. The van der Waals surface area contributed by atoms with E-state index >= 15 is 0 Å². The molecule has 35 heavy (non-hydrogen) atoms. The number of hydrogen-bond donors (Lipinski definition) is 2. The van der Waals surface area contributed by atoms with Crippen LogP contribution in [0.3, 0.4) is 0 Å². The molecule has 1 aromatic heterocycles. The zero-order chi connectivity index (χ0) is 25.2. The van der Waals surface area contributed by atoms with Gasteiger partial charge in [-0.15, -0.1) is 0 Å². The van der Waals surface area contributed by atoms with Crippen LogP contribution in [0.5, 0.6) is 11.5 Å². The fraction of sp³-hybridized carbons (Fsp3) is 0.0952. The molecule has 0 saturated heterocycles. The lowest BCUT2D eigenvalue weighted by Crippen LogP contribution is -2.15. The molecule has 9 nitrogen and oxygen atoms in total. The van der Waals surface area contributed by atoms with Gasteiger partial charge in [-0.1, -0.05) is 12.2 Å². The summed E-state index contributed by atoms with van der Waals surface area (Å²) in [5.74, 6) is -0.118. The minimum atomic E-state index is -4.63. The summed E-state index contributed by atoms with van der Waals surface area (Å²) in [6, 6.07) is 8.07. The largest absolute Gasteiger partial charge is 0.455 e. The average molecular weight is 522 g/mol. The zero-order valence-electron chi connectivity index (χ0n) is 17.4. The second kappa shape index (κ2) is 9.37. The van der Waals surface area contributed by atoms with Crippen molar-refractivity contribution in [3.05, 3.63) is 77.8 Å². The summed E-state index contributed by atoms with van der Waals surface area (Å²) < 4.78 is 76.9. The number of sulfonamides is 1. The van der Waals surface area contributed by atoms with Gasteiger partial charge in [0.25, 0.3) is 10.0 Å². The fourth-order valence-electron chi connectivity index (χ4n) is 3.09. The minimum Gasteiger partial charge on any atom is -0.455 e. The molecule has 0 saturated carbocycles. The number of rotatable bonds is 6. The van der Waals surface area contributed by atoms with Crippen LogP contribution >= 0.6 is 11.5 Å². The van der Waals surface area contributed by atoms with Gasteiger partial charge in [0, 0.05) is 28.9 Å². The number of halogens is 3. The first-order valence-electron chi connectivity index (χ1n) is 9.64. The second-order valence-corrected chi connectivity index (χ2v) is 9.50. The molecular formula is C21H14F3N5O4S2. The number of allylic oxidation sites excluding steroid dienone is 2. The van der Waals surface area contributed by atoms with E-state index in [1.807, 2.05) is 6.07 Å². The van der Waals surface area contributed by atoms with Crippen molar-refractivity contribution in [2.75, 3.05) is 11.3 Å². The van der Waals surface area contributed by atoms with Gasteiger partial charge >= 0.3 is 6.18 Å². The third-order valence-corrected chi connectivity index (χ3v) is 6.73. The molecule has 4 rings (SSSR count). The monoisotopic (exact) mass is 521 g/mol. The van der Waals surface area contributed by atoms with Crippen LogP contribution in [0.4, 0.5) is 18.3 Å². The number of aromatic nitrogens is 2. The Labute approximate surface area is 201 Å². The van der Waals surface area contributed by atoms with Crippen molar-refractivity contribution in [2.45, 2.75) is 11.1 Å². The Balaban J connectivity index is 1.72. The summed E-state index contributed by atoms with van der Waals surface area (Å²) in [7, 11) is -4.08. The standard InChI is InChI=1S/C21H14F3N5O4S2/c22-21(23,24)15-3-5-19(17(9-15)13-2-1-7-29(30)11-13)33-18-6-4-16(8-14(18)10-25)35(31,32)28-20-26-12-27-34-20/h1-6,8-9,11-12,30H,7H2,(H,26,27,28). The molecule has 2 aromatic carbocycles. The number of nitriles is 1. The number of anilines is 1. The maximum absolute atomic E-state index is 13.3. The van der Waals surface area contributed by atoms with Crippen molar-refractivity contribution >= 4 is 32.3 Å². The van der Waals surface area contributed by atoms with Crippen molar-refractivity contribution in [3.63, 3.8) is 0 Å². The van der Waals surface area contributed by atoms with Crippen LogP contribution in [0.15, 0.2) is 66.0 Å². The first-order chi connectivity index (χ1) is 16.6.